The second-order valence-corrected chi connectivity index (χ2v) is 10.2. The second kappa shape index (κ2) is 8.93. The van der Waals surface area contributed by atoms with E-state index in [1.165, 1.54) is 35.3 Å². The highest BCUT2D eigenvalue weighted by molar-refractivity contribution is 7.89. The monoisotopic (exact) mass is 412 g/mol. The molecule has 2 fully saturated rings. The van der Waals surface area contributed by atoms with Crippen molar-refractivity contribution in [2.24, 2.45) is 5.92 Å². The van der Waals surface area contributed by atoms with Gasteiger partial charge in [0.25, 0.3) is 5.91 Å². The van der Waals surface area contributed by atoms with E-state index in [4.69, 9.17) is 11.6 Å². The van der Waals surface area contributed by atoms with Gasteiger partial charge >= 0.3 is 0 Å². The van der Waals surface area contributed by atoms with E-state index < -0.39 is 10.0 Å². The molecule has 150 valence electrons. The fourth-order valence-corrected chi connectivity index (χ4v) is 5.60. The molecular weight excluding hydrogens is 384 g/mol. The van der Waals surface area contributed by atoms with Gasteiger partial charge in [-0.15, -0.1) is 0 Å². The van der Waals surface area contributed by atoms with Gasteiger partial charge in [-0.25, -0.2) is 8.42 Å². The molecule has 0 atom stereocenters. The number of nitrogens with one attached hydrogen (secondary N) is 1. The van der Waals surface area contributed by atoms with Gasteiger partial charge in [-0.2, -0.15) is 4.31 Å². The Bertz CT molecular complexity index is 765. The zero-order valence-corrected chi connectivity index (χ0v) is 17.5. The van der Waals surface area contributed by atoms with Crippen molar-refractivity contribution in [3.63, 3.8) is 0 Å². The number of hydrogen-bond acceptors (Lipinski definition) is 3. The summed E-state index contributed by atoms with van der Waals surface area (Å²) in [6.07, 6.45) is 8.29. The lowest BCUT2D eigenvalue weighted by molar-refractivity contribution is 0.0933. The molecule has 1 saturated carbocycles. The summed E-state index contributed by atoms with van der Waals surface area (Å²) >= 11 is 6.23. The molecule has 0 unspecified atom stereocenters. The average Bonchev–Trinajstić information content (AvgIpc) is 2.91. The Morgan fingerprint density at radius 3 is 2.33 bits per heavy atom. The van der Waals surface area contributed by atoms with Gasteiger partial charge < -0.3 is 5.32 Å². The van der Waals surface area contributed by atoms with E-state index in [1.54, 1.807) is 0 Å². The number of rotatable bonds is 4. The summed E-state index contributed by atoms with van der Waals surface area (Å²) in [4.78, 5) is 12.9. The van der Waals surface area contributed by atoms with Crippen LogP contribution < -0.4 is 5.32 Å². The van der Waals surface area contributed by atoms with Gasteiger partial charge in [0.1, 0.15) is 0 Å². The number of carbonyl (C=O) groups excluding carboxylic acids is 1. The first kappa shape index (κ1) is 20.6. The number of benzene rings is 1. The molecular formula is C20H29ClN2O3S. The molecule has 1 aliphatic carbocycles. The lowest BCUT2D eigenvalue weighted by atomic mass is 10.0. The Morgan fingerprint density at radius 1 is 1.07 bits per heavy atom. The zero-order valence-electron chi connectivity index (χ0n) is 15.9. The smallest absolute Gasteiger partial charge is 0.253 e. The second-order valence-electron chi connectivity index (χ2n) is 7.89. The summed E-state index contributed by atoms with van der Waals surface area (Å²) in [5.74, 6) is 0.263. The number of amides is 1. The summed E-state index contributed by atoms with van der Waals surface area (Å²) < 4.78 is 27.5. The molecule has 7 heteroatoms. The number of sulfonamides is 1. The van der Waals surface area contributed by atoms with Crippen molar-refractivity contribution in [1.82, 2.24) is 9.62 Å². The van der Waals surface area contributed by atoms with Gasteiger partial charge in [-0.3, -0.25) is 4.79 Å². The van der Waals surface area contributed by atoms with Crippen molar-refractivity contribution in [3.05, 3.63) is 28.8 Å². The highest BCUT2D eigenvalue weighted by Gasteiger charge is 2.29. The molecule has 27 heavy (non-hydrogen) atoms. The normalized spacial score (nSPS) is 21.0. The topological polar surface area (TPSA) is 66.5 Å². The number of halogens is 1. The van der Waals surface area contributed by atoms with Crippen molar-refractivity contribution in [2.45, 2.75) is 69.2 Å². The van der Waals surface area contributed by atoms with Crippen molar-refractivity contribution in [2.75, 3.05) is 13.1 Å². The molecule has 1 aliphatic heterocycles. The Hall–Kier alpha value is -1.11. The fraction of sp³-hybridized carbons (Fsp3) is 0.650. The van der Waals surface area contributed by atoms with Gasteiger partial charge in [0.15, 0.2) is 0 Å². The Labute approximate surface area is 167 Å². The molecule has 1 aromatic rings. The first-order chi connectivity index (χ1) is 12.9. The fourth-order valence-electron chi connectivity index (χ4n) is 3.90. The third-order valence-electron chi connectivity index (χ3n) is 5.75. The summed E-state index contributed by atoms with van der Waals surface area (Å²) in [5.41, 5.74) is 0.243. The molecule has 0 aromatic heterocycles. The molecule has 3 rings (SSSR count). The van der Waals surface area contributed by atoms with Crippen LogP contribution in [0.4, 0.5) is 0 Å². The zero-order chi connectivity index (χ0) is 19.4. The minimum Gasteiger partial charge on any atom is -0.349 e. The van der Waals surface area contributed by atoms with Crippen LogP contribution in [0, 0.1) is 5.92 Å². The predicted octanol–water partition coefficient (Wildman–Crippen LogP) is 4.21. The summed E-state index contributed by atoms with van der Waals surface area (Å²) in [6, 6.07) is 4.59. The summed E-state index contributed by atoms with van der Waals surface area (Å²) in [6.45, 7) is 3.19. The van der Waals surface area contributed by atoms with E-state index in [0.717, 1.165) is 38.5 Å². The first-order valence-electron chi connectivity index (χ1n) is 9.98. The van der Waals surface area contributed by atoms with Crippen LogP contribution in [-0.2, 0) is 10.0 Å². The van der Waals surface area contributed by atoms with Gasteiger partial charge in [0.2, 0.25) is 10.0 Å². The van der Waals surface area contributed by atoms with Crippen molar-refractivity contribution < 1.29 is 13.2 Å². The van der Waals surface area contributed by atoms with Crippen LogP contribution in [-0.4, -0.2) is 37.8 Å². The van der Waals surface area contributed by atoms with E-state index in [1.807, 2.05) is 0 Å². The highest BCUT2D eigenvalue weighted by Crippen LogP contribution is 2.27. The van der Waals surface area contributed by atoms with E-state index >= 15 is 0 Å². The maximum absolute atomic E-state index is 13.0. The minimum atomic E-state index is -3.60. The SMILES string of the molecule is CC1CCN(S(=O)(=O)c2ccc(Cl)c(C(=O)NC3CCCCCC3)c2)CC1. The van der Waals surface area contributed by atoms with Gasteiger partial charge in [0, 0.05) is 19.1 Å². The average molecular weight is 413 g/mol. The number of nitrogens with zero attached hydrogens (tertiary/aromatic N) is 1. The van der Waals surface area contributed by atoms with Gasteiger partial charge in [-0.05, 0) is 49.8 Å². The van der Waals surface area contributed by atoms with Crippen LogP contribution in [0.1, 0.15) is 68.6 Å². The Morgan fingerprint density at radius 2 is 1.70 bits per heavy atom. The molecule has 5 nitrogen and oxygen atoms in total. The molecule has 2 aliphatic rings. The first-order valence-corrected chi connectivity index (χ1v) is 11.8. The van der Waals surface area contributed by atoms with Gasteiger partial charge in [-0.1, -0.05) is 44.2 Å². The highest BCUT2D eigenvalue weighted by atomic mass is 35.5. The quantitative estimate of drug-likeness (QED) is 0.753. The third-order valence-corrected chi connectivity index (χ3v) is 7.98. The Balaban J connectivity index is 1.78. The molecule has 1 N–H and O–H groups in total. The molecule has 0 radical (unpaired) electrons. The number of piperidine rings is 1. The molecule has 0 spiro atoms. The van der Waals surface area contributed by atoms with Crippen LogP contribution in [0.25, 0.3) is 0 Å². The molecule has 1 saturated heterocycles. The molecule has 0 bridgehead atoms. The standard InChI is InChI=1S/C20H29ClN2O3S/c1-15-10-12-23(13-11-15)27(25,26)17-8-9-19(21)18(14-17)20(24)22-16-6-4-2-3-5-7-16/h8-9,14-16H,2-7,10-13H2,1H3,(H,22,24). The van der Waals surface area contributed by atoms with Crippen LogP contribution >= 0.6 is 11.6 Å². The van der Waals surface area contributed by atoms with Gasteiger partial charge in [0.05, 0.1) is 15.5 Å². The largest absolute Gasteiger partial charge is 0.349 e. The lowest BCUT2D eigenvalue weighted by Gasteiger charge is -2.29. The predicted molar refractivity (Wildman–Crippen MR) is 108 cm³/mol. The van der Waals surface area contributed by atoms with E-state index in [-0.39, 0.29) is 27.4 Å². The minimum absolute atomic E-state index is 0.139. The van der Waals surface area contributed by atoms with Crippen LogP contribution in [0.15, 0.2) is 23.1 Å². The molecule has 1 amide bonds. The van der Waals surface area contributed by atoms with E-state index in [2.05, 4.69) is 12.2 Å². The summed E-state index contributed by atoms with van der Waals surface area (Å²) in [7, 11) is -3.60. The molecule has 1 heterocycles. The third kappa shape index (κ3) is 5.04. The van der Waals surface area contributed by atoms with E-state index in [9.17, 15) is 13.2 Å². The lowest BCUT2D eigenvalue weighted by Crippen LogP contribution is -2.38. The van der Waals surface area contributed by atoms with Crippen molar-refractivity contribution >= 4 is 27.5 Å². The molecule has 1 aromatic carbocycles. The number of carbonyl (C=O) groups is 1. The van der Waals surface area contributed by atoms with Crippen LogP contribution in [0.2, 0.25) is 5.02 Å². The summed E-state index contributed by atoms with van der Waals surface area (Å²) in [5, 5.41) is 3.33. The van der Waals surface area contributed by atoms with Crippen molar-refractivity contribution in [1.29, 1.82) is 0 Å². The van der Waals surface area contributed by atoms with E-state index in [0.29, 0.717) is 19.0 Å². The van der Waals surface area contributed by atoms with Crippen LogP contribution in [0.3, 0.4) is 0 Å². The maximum atomic E-state index is 13.0. The van der Waals surface area contributed by atoms with Crippen molar-refractivity contribution in [3.8, 4) is 0 Å². The Kier molecular flexibility index (Phi) is 6.82. The maximum Gasteiger partial charge on any atom is 0.253 e. The number of hydrogen-bond donors (Lipinski definition) is 1. The van der Waals surface area contributed by atoms with Crippen LogP contribution in [0.5, 0.6) is 0 Å².